The molecule has 0 aliphatic rings. The molecule has 1 aromatic carbocycles. The Hall–Kier alpha value is -1.81. The Morgan fingerprint density at radius 1 is 1.37 bits per heavy atom. The van der Waals surface area contributed by atoms with E-state index in [-0.39, 0.29) is 0 Å². The zero-order chi connectivity index (χ0) is 14.3. The molecule has 0 saturated heterocycles. The maximum Gasteiger partial charge on any atom is 0.409 e. The minimum Gasteiger partial charge on any atom is -0.444 e. The largest absolute Gasteiger partial charge is 0.444 e. The van der Waals surface area contributed by atoms with Crippen LogP contribution in [0.5, 0.6) is 0 Å². The fraction of sp³-hybridized carbons (Fsp3) is 0.400. The molecule has 4 heteroatoms. The summed E-state index contributed by atoms with van der Waals surface area (Å²) in [5, 5.41) is 2.69. The number of rotatable bonds is 5. The molecule has 0 aliphatic carbocycles. The molecule has 1 unspecified atom stereocenters. The van der Waals surface area contributed by atoms with Crippen LogP contribution in [0.3, 0.4) is 0 Å². The van der Waals surface area contributed by atoms with E-state index in [9.17, 15) is 4.79 Å². The topological polar surface area (TPSA) is 47.6 Å². The lowest BCUT2D eigenvalue weighted by molar-refractivity contribution is 0.0139. The van der Waals surface area contributed by atoms with Crippen LogP contribution >= 0.6 is 0 Å². The van der Waals surface area contributed by atoms with Crippen LogP contribution in [0.1, 0.15) is 32.6 Å². The van der Waals surface area contributed by atoms with E-state index in [1.165, 1.54) is 0 Å². The van der Waals surface area contributed by atoms with Crippen molar-refractivity contribution in [1.82, 2.24) is 5.32 Å². The Kier molecular flexibility index (Phi) is 5.57. The van der Waals surface area contributed by atoms with Gasteiger partial charge in [-0.05, 0) is 20.8 Å². The monoisotopic (exact) mass is 263 g/mol. The lowest BCUT2D eigenvalue weighted by Gasteiger charge is -2.23. The number of hydrogen-bond acceptors (Lipinski definition) is 3. The maximum atomic E-state index is 11.8. The van der Waals surface area contributed by atoms with Crippen LogP contribution in [-0.4, -0.2) is 18.3 Å². The Bertz CT molecular complexity index is 409. The van der Waals surface area contributed by atoms with Crippen LogP contribution in [0, 0.1) is 0 Å². The first-order chi connectivity index (χ1) is 8.92. The second-order valence-electron chi connectivity index (χ2n) is 5.06. The Morgan fingerprint density at radius 3 is 2.53 bits per heavy atom. The molecule has 4 nitrogen and oxygen atoms in total. The van der Waals surface area contributed by atoms with Gasteiger partial charge in [0.25, 0.3) is 0 Å². The first-order valence-corrected chi connectivity index (χ1v) is 6.19. The zero-order valence-corrected chi connectivity index (χ0v) is 11.7. The Balaban J connectivity index is 2.70. The van der Waals surface area contributed by atoms with E-state index in [0.29, 0.717) is 6.61 Å². The summed E-state index contributed by atoms with van der Waals surface area (Å²) in [6.07, 6.45) is 0.576. The van der Waals surface area contributed by atoms with Crippen LogP contribution in [0.2, 0.25) is 0 Å². The van der Waals surface area contributed by atoms with Gasteiger partial charge in [0.05, 0.1) is 6.61 Å². The van der Waals surface area contributed by atoms with Crippen molar-refractivity contribution in [2.24, 2.45) is 0 Å². The van der Waals surface area contributed by atoms with Crippen molar-refractivity contribution in [1.29, 1.82) is 0 Å². The molecule has 0 fully saturated rings. The number of alkyl carbamates (subject to hydrolysis) is 1. The standard InChI is InChI=1S/C15H21NO3/c1-5-11-18-13(12-9-7-6-8-10-12)16-14(17)19-15(2,3)4/h5-10,13H,1,11H2,2-4H3,(H,16,17). The predicted molar refractivity (Wildman–Crippen MR) is 74.7 cm³/mol. The normalized spacial score (nSPS) is 12.6. The van der Waals surface area contributed by atoms with E-state index in [0.717, 1.165) is 5.56 Å². The summed E-state index contributed by atoms with van der Waals surface area (Å²) >= 11 is 0. The highest BCUT2D eigenvalue weighted by molar-refractivity contribution is 5.68. The number of amides is 1. The molecule has 0 saturated carbocycles. The number of nitrogens with one attached hydrogen (secondary N) is 1. The SMILES string of the molecule is C=CCOC(NC(=O)OC(C)(C)C)c1ccccc1. The average Bonchev–Trinajstić information content (AvgIpc) is 2.33. The lowest BCUT2D eigenvalue weighted by Crippen LogP contribution is -2.36. The van der Waals surface area contributed by atoms with Gasteiger partial charge in [0.15, 0.2) is 6.23 Å². The van der Waals surface area contributed by atoms with E-state index in [1.54, 1.807) is 6.08 Å². The van der Waals surface area contributed by atoms with Crippen LogP contribution in [-0.2, 0) is 9.47 Å². The first kappa shape index (κ1) is 15.2. The predicted octanol–water partition coefficient (Wildman–Crippen LogP) is 3.41. The summed E-state index contributed by atoms with van der Waals surface area (Å²) in [5.74, 6) is 0. The fourth-order valence-electron chi connectivity index (χ4n) is 1.43. The smallest absolute Gasteiger partial charge is 0.409 e. The van der Waals surface area contributed by atoms with Gasteiger partial charge in [-0.3, -0.25) is 5.32 Å². The number of carbonyl (C=O) groups is 1. The van der Waals surface area contributed by atoms with Gasteiger partial charge in [-0.25, -0.2) is 4.79 Å². The van der Waals surface area contributed by atoms with Crippen LogP contribution < -0.4 is 5.32 Å². The van der Waals surface area contributed by atoms with Gasteiger partial charge in [-0.15, -0.1) is 6.58 Å². The van der Waals surface area contributed by atoms with Gasteiger partial charge in [0, 0.05) is 5.56 Å². The van der Waals surface area contributed by atoms with Crippen LogP contribution in [0.4, 0.5) is 4.79 Å². The Labute approximate surface area is 114 Å². The zero-order valence-electron chi connectivity index (χ0n) is 11.7. The molecule has 0 aliphatic heterocycles. The van der Waals surface area contributed by atoms with Gasteiger partial charge < -0.3 is 9.47 Å². The summed E-state index contributed by atoms with van der Waals surface area (Å²) in [4.78, 5) is 11.8. The highest BCUT2D eigenvalue weighted by Crippen LogP contribution is 2.15. The summed E-state index contributed by atoms with van der Waals surface area (Å²) in [6, 6.07) is 9.44. The third kappa shape index (κ3) is 6.06. The molecule has 1 atom stereocenters. The van der Waals surface area contributed by atoms with Gasteiger partial charge in [-0.2, -0.15) is 0 Å². The Morgan fingerprint density at radius 2 is 2.00 bits per heavy atom. The van der Waals surface area contributed by atoms with Gasteiger partial charge in [-0.1, -0.05) is 36.4 Å². The van der Waals surface area contributed by atoms with Crippen molar-refractivity contribution in [3.63, 3.8) is 0 Å². The van der Waals surface area contributed by atoms with Crippen molar-refractivity contribution >= 4 is 6.09 Å². The van der Waals surface area contributed by atoms with E-state index < -0.39 is 17.9 Å². The summed E-state index contributed by atoms with van der Waals surface area (Å²) < 4.78 is 10.7. The summed E-state index contributed by atoms with van der Waals surface area (Å²) in [7, 11) is 0. The maximum absolute atomic E-state index is 11.8. The average molecular weight is 263 g/mol. The molecule has 104 valence electrons. The van der Waals surface area contributed by atoms with E-state index in [4.69, 9.17) is 9.47 Å². The van der Waals surface area contributed by atoms with Gasteiger partial charge >= 0.3 is 6.09 Å². The van der Waals surface area contributed by atoms with Crippen molar-refractivity contribution in [3.8, 4) is 0 Å². The van der Waals surface area contributed by atoms with E-state index in [2.05, 4.69) is 11.9 Å². The van der Waals surface area contributed by atoms with Crippen LogP contribution in [0.25, 0.3) is 0 Å². The van der Waals surface area contributed by atoms with E-state index >= 15 is 0 Å². The minimum absolute atomic E-state index is 0.343. The lowest BCUT2D eigenvalue weighted by atomic mass is 10.2. The number of hydrogen-bond donors (Lipinski definition) is 1. The molecular formula is C15H21NO3. The molecule has 19 heavy (non-hydrogen) atoms. The quantitative estimate of drug-likeness (QED) is 0.654. The highest BCUT2D eigenvalue weighted by Gasteiger charge is 2.20. The third-order valence-electron chi connectivity index (χ3n) is 2.13. The first-order valence-electron chi connectivity index (χ1n) is 6.19. The molecular weight excluding hydrogens is 242 g/mol. The highest BCUT2D eigenvalue weighted by atomic mass is 16.6. The molecule has 1 rings (SSSR count). The summed E-state index contributed by atoms with van der Waals surface area (Å²) in [5.41, 5.74) is 0.319. The van der Waals surface area contributed by atoms with Crippen molar-refractivity contribution < 1.29 is 14.3 Å². The molecule has 0 heterocycles. The summed E-state index contributed by atoms with van der Waals surface area (Å²) in [6.45, 7) is 9.38. The van der Waals surface area contributed by atoms with Crippen LogP contribution in [0.15, 0.2) is 43.0 Å². The minimum atomic E-state index is -0.547. The fourth-order valence-corrected chi connectivity index (χ4v) is 1.43. The van der Waals surface area contributed by atoms with Crippen molar-refractivity contribution in [3.05, 3.63) is 48.6 Å². The number of ether oxygens (including phenoxy) is 2. The molecule has 1 aromatic rings. The third-order valence-corrected chi connectivity index (χ3v) is 2.13. The second kappa shape index (κ2) is 6.95. The molecule has 1 amide bonds. The van der Waals surface area contributed by atoms with Crippen molar-refractivity contribution in [2.75, 3.05) is 6.61 Å². The molecule has 0 spiro atoms. The van der Waals surface area contributed by atoms with Gasteiger partial charge in [0.2, 0.25) is 0 Å². The van der Waals surface area contributed by atoms with Gasteiger partial charge in [0.1, 0.15) is 5.60 Å². The number of carbonyl (C=O) groups excluding carboxylic acids is 1. The van der Waals surface area contributed by atoms with Crippen molar-refractivity contribution in [2.45, 2.75) is 32.6 Å². The molecule has 0 bridgehead atoms. The molecule has 0 radical (unpaired) electrons. The van der Waals surface area contributed by atoms with E-state index in [1.807, 2.05) is 51.1 Å². The molecule has 0 aromatic heterocycles. The second-order valence-corrected chi connectivity index (χ2v) is 5.06. The number of benzene rings is 1. The molecule has 1 N–H and O–H groups in total.